The molecule has 2 unspecified atom stereocenters. The van der Waals surface area contributed by atoms with E-state index in [4.69, 9.17) is 5.11 Å². The number of hydrogen-bond donors (Lipinski definition) is 1. The molecule has 1 N–H and O–H groups in total. The van der Waals surface area contributed by atoms with Gasteiger partial charge in [0, 0.05) is 31.6 Å². The van der Waals surface area contributed by atoms with E-state index in [0.717, 1.165) is 32.2 Å². The van der Waals surface area contributed by atoms with Crippen molar-refractivity contribution in [3.05, 3.63) is 18.5 Å². The van der Waals surface area contributed by atoms with E-state index >= 15 is 0 Å². The standard InChI is InChI=1S/C13H21N3O2/c1-11(16-9-4-7-14-16)13(18)15-8-2-5-12(15)6-3-10-17/h4,7,9,11-12,17H,2-3,5-6,8,10H2,1H3. The van der Waals surface area contributed by atoms with Gasteiger partial charge in [-0.2, -0.15) is 5.10 Å². The number of hydrogen-bond acceptors (Lipinski definition) is 3. The van der Waals surface area contributed by atoms with Gasteiger partial charge in [0.15, 0.2) is 0 Å². The highest BCUT2D eigenvalue weighted by atomic mass is 16.3. The summed E-state index contributed by atoms with van der Waals surface area (Å²) in [5, 5.41) is 13.0. The molecule has 18 heavy (non-hydrogen) atoms. The summed E-state index contributed by atoms with van der Waals surface area (Å²) in [5.74, 6) is 0.138. The molecule has 5 heteroatoms. The summed E-state index contributed by atoms with van der Waals surface area (Å²) in [5.41, 5.74) is 0. The van der Waals surface area contributed by atoms with Crippen LogP contribution in [-0.4, -0.2) is 44.9 Å². The molecule has 2 atom stereocenters. The van der Waals surface area contributed by atoms with Crippen molar-refractivity contribution in [2.45, 2.75) is 44.7 Å². The highest BCUT2D eigenvalue weighted by molar-refractivity contribution is 5.80. The monoisotopic (exact) mass is 251 g/mol. The number of aromatic nitrogens is 2. The molecular formula is C13H21N3O2. The number of rotatable bonds is 5. The van der Waals surface area contributed by atoms with Gasteiger partial charge in [0.2, 0.25) is 5.91 Å². The minimum atomic E-state index is -0.241. The molecule has 2 rings (SSSR count). The van der Waals surface area contributed by atoms with Gasteiger partial charge in [-0.05, 0) is 38.7 Å². The van der Waals surface area contributed by atoms with E-state index < -0.39 is 0 Å². The summed E-state index contributed by atoms with van der Waals surface area (Å²) < 4.78 is 1.70. The minimum Gasteiger partial charge on any atom is -0.396 e. The maximum absolute atomic E-state index is 12.4. The topological polar surface area (TPSA) is 58.4 Å². The van der Waals surface area contributed by atoms with Crippen LogP contribution in [0.4, 0.5) is 0 Å². The van der Waals surface area contributed by atoms with Gasteiger partial charge in [-0.15, -0.1) is 0 Å². The maximum Gasteiger partial charge on any atom is 0.247 e. The van der Waals surface area contributed by atoms with Gasteiger partial charge < -0.3 is 10.0 Å². The molecule has 1 aliphatic rings. The number of carbonyl (C=O) groups is 1. The summed E-state index contributed by atoms with van der Waals surface area (Å²) >= 11 is 0. The van der Waals surface area contributed by atoms with E-state index in [9.17, 15) is 4.79 Å². The van der Waals surface area contributed by atoms with Crippen LogP contribution in [-0.2, 0) is 4.79 Å². The van der Waals surface area contributed by atoms with Gasteiger partial charge in [0.05, 0.1) is 0 Å². The van der Waals surface area contributed by atoms with Gasteiger partial charge in [0.25, 0.3) is 0 Å². The van der Waals surface area contributed by atoms with Crippen molar-refractivity contribution in [1.29, 1.82) is 0 Å². The van der Waals surface area contributed by atoms with E-state index in [-0.39, 0.29) is 18.6 Å². The average molecular weight is 251 g/mol. The van der Waals surface area contributed by atoms with E-state index in [0.29, 0.717) is 6.04 Å². The fraction of sp³-hybridized carbons (Fsp3) is 0.692. The Hall–Kier alpha value is -1.36. The third-order valence-electron chi connectivity index (χ3n) is 3.63. The lowest BCUT2D eigenvalue weighted by atomic mass is 10.1. The molecule has 2 heterocycles. The molecule has 0 spiro atoms. The second kappa shape index (κ2) is 6.00. The van der Waals surface area contributed by atoms with Crippen LogP contribution in [0.2, 0.25) is 0 Å². The Balaban J connectivity index is 1.99. The first-order valence-electron chi connectivity index (χ1n) is 6.64. The third-order valence-corrected chi connectivity index (χ3v) is 3.63. The Kier molecular flexibility index (Phi) is 4.36. The van der Waals surface area contributed by atoms with E-state index in [1.807, 2.05) is 24.1 Å². The summed E-state index contributed by atoms with van der Waals surface area (Å²) in [6.07, 6.45) is 7.29. The molecule has 0 radical (unpaired) electrons. The zero-order chi connectivity index (χ0) is 13.0. The molecular weight excluding hydrogens is 230 g/mol. The highest BCUT2D eigenvalue weighted by Gasteiger charge is 2.31. The quantitative estimate of drug-likeness (QED) is 0.855. The van der Waals surface area contributed by atoms with Crippen molar-refractivity contribution >= 4 is 5.91 Å². The summed E-state index contributed by atoms with van der Waals surface area (Å²) in [6.45, 7) is 2.92. The maximum atomic E-state index is 12.4. The van der Waals surface area contributed by atoms with E-state index in [1.54, 1.807) is 10.9 Å². The van der Waals surface area contributed by atoms with Crippen LogP contribution in [0.15, 0.2) is 18.5 Å². The van der Waals surface area contributed by atoms with Crippen LogP contribution in [0.5, 0.6) is 0 Å². The lowest BCUT2D eigenvalue weighted by Crippen LogP contribution is -2.39. The Morgan fingerprint density at radius 3 is 3.11 bits per heavy atom. The van der Waals surface area contributed by atoms with Crippen LogP contribution in [0.1, 0.15) is 38.6 Å². The second-order valence-electron chi connectivity index (χ2n) is 4.86. The van der Waals surface area contributed by atoms with Crippen molar-refractivity contribution in [2.75, 3.05) is 13.2 Å². The van der Waals surface area contributed by atoms with Crippen LogP contribution in [0.25, 0.3) is 0 Å². The fourth-order valence-corrected chi connectivity index (χ4v) is 2.62. The zero-order valence-electron chi connectivity index (χ0n) is 10.8. The number of nitrogens with zero attached hydrogens (tertiary/aromatic N) is 3. The minimum absolute atomic E-state index is 0.138. The smallest absolute Gasteiger partial charge is 0.247 e. The number of likely N-dealkylation sites (tertiary alicyclic amines) is 1. The highest BCUT2D eigenvalue weighted by Crippen LogP contribution is 2.24. The third kappa shape index (κ3) is 2.72. The fourth-order valence-electron chi connectivity index (χ4n) is 2.62. The van der Waals surface area contributed by atoms with Crippen molar-refractivity contribution < 1.29 is 9.90 Å². The Morgan fingerprint density at radius 2 is 2.44 bits per heavy atom. The lowest BCUT2D eigenvalue weighted by Gasteiger charge is -2.27. The number of carbonyl (C=O) groups excluding carboxylic acids is 1. The van der Waals surface area contributed by atoms with Crippen LogP contribution < -0.4 is 0 Å². The summed E-state index contributed by atoms with van der Waals surface area (Å²) in [7, 11) is 0. The summed E-state index contributed by atoms with van der Waals surface area (Å²) in [4.78, 5) is 14.4. The molecule has 5 nitrogen and oxygen atoms in total. The lowest BCUT2D eigenvalue weighted by molar-refractivity contribution is -0.135. The normalized spacial score (nSPS) is 21.2. The van der Waals surface area contributed by atoms with Crippen LogP contribution in [0, 0.1) is 0 Å². The summed E-state index contributed by atoms with van der Waals surface area (Å²) in [6, 6.07) is 1.88. The first-order chi connectivity index (χ1) is 8.74. The van der Waals surface area contributed by atoms with E-state index in [2.05, 4.69) is 5.10 Å². The Labute approximate surface area is 107 Å². The van der Waals surface area contributed by atoms with Crippen molar-refractivity contribution in [3.63, 3.8) is 0 Å². The van der Waals surface area contributed by atoms with Crippen LogP contribution in [0.3, 0.4) is 0 Å². The molecule has 0 saturated carbocycles. The average Bonchev–Trinajstić information content (AvgIpc) is 3.05. The van der Waals surface area contributed by atoms with Gasteiger partial charge >= 0.3 is 0 Å². The number of aliphatic hydroxyl groups excluding tert-OH is 1. The number of aliphatic hydroxyl groups is 1. The van der Waals surface area contributed by atoms with Gasteiger partial charge in [0.1, 0.15) is 6.04 Å². The second-order valence-corrected chi connectivity index (χ2v) is 4.86. The molecule has 0 aromatic carbocycles. The van der Waals surface area contributed by atoms with Gasteiger partial charge in [-0.1, -0.05) is 0 Å². The van der Waals surface area contributed by atoms with Crippen molar-refractivity contribution in [1.82, 2.24) is 14.7 Å². The largest absolute Gasteiger partial charge is 0.396 e. The van der Waals surface area contributed by atoms with Crippen LogP contribution >= 0.6 is 0 Å². The molecule has 1 aromatic rings. The zero-order valence-corrected chi connectivity index (χ0v) is 10.8. The Morgan fingerprint density at radius 1 is 1.61 bits per heavy atom. The molecule has 100 valence electrons. The van der Waals surface area contributed by atoms with E-state index in [1.165, 1.54) is 0 Å². The molecule has 1 saturated heterocycles. The molecule has 1 fully saturated rings. The molecule has 0 bridgehead atoms. The predicted molar refractivity (Wildman–Crippen MR) is 68.0 cm³/mol. The van der Waals surface area contributed by atoms with Crippen molar-refractivity contribution in [3.8, 4) is 0 Å². The van der Waals surface area contributed by atoms with Crippen molar-refractivity contribution in [2.24, 2.45) is 0 Å². The molecule has 1 amide bonds. The first kappa shape index (κ1) is 13.1. The predicted octanol–water partition coefficient (Wildman–Crippen LogP) is 1.21. The Bertz CT molecular complexity index is 378. The SMILES string of the molecule is CC(C(=O)N1CCCC1CCCO)n1cccn1. The molecule has 1 aromatic heterocycles. The van der Waals surface area contributed by atoms with Gasteiger partial charge in [-0.25, -0.2) is 0 Å². The van der Waals surface area contributed by atoms with Gasteiger partial charge in [-0.3, -0.25) is 9.48 Å². The first-order valence-corrected chi connectivity index (χ1v) is 6.64. The molecule has 1 aliphatic heterocycles. The molecule has 0 aliphatic carbocycles. The number of amides is 1.